The number of carbonyl (C=O) groups is 1. The lowest BCUT2D eigenvalue weighted by Crippen LogP contribution is -1.94. The molecule has 0 aromatic carbocycles. The van der Waals surface area contributed by atoms with Crippen molar-refractivity contribution in [1.29, 1.82) is 0 Å². The summed E-state index contributed by atoms with van der Waals surface area (Å²) in [5.41, 5.74) is 3.50. The van der Waals surface area contributed by atoms with Gasteiger partial charge in [-0.15, -0.1) is 0 Å². The molecule has 0 amide bonds. The Kier molecular flexibility index (Phi) is 11.2. The van der Waals surface area contributed by atoms with E-state index >= 15 is 0 Å². The first-order valence-corrected chi connectivity index (χ1v) is 8.19. The standard InChI is InChI=1S/C20H32O2/c1-16(2)9-6-10-17(3)11-7-12-18(4)13-8-14-19(5)15-20(21)22/h8-9,13-15,17H,6-7,10-12H2,1-5H3,(H,21,22). The van der Waals surface area contributed by atoms with E-state index in [-0.39, 0.29) is 0 Å². The molecule has 0 aliphatic carbocycles. The number of rotatable bonds is 10. The smallest absolute Gasteiger partial charge is 0.328 e. The Bertz CT molecular complexity index is 446. The predicted molar refractivity (Wildman–Crippen MR) is 96.0 cm³/mol. The van der Waals surface area contributed by atoms with Gasteiger partial charge in [0.25, 0.3) is 0 Å². The fraction of sp³-hybridized carbons (Fsp3) is 0.550. The predicted octanol–water partition coefficient (Wildman–Crippen LogP) is 6.07. The van der Waals surface area contributed by atoms with Gasteiger partial charge in [-0.3, -0.25) is 0 Å². The molecule has 2 heteroatoms. The van der Waals surface area contributed by atoms with Crippen LogP contribution in [0.25, 0.3) is 0 Å². The summed E-state index contributed by atoms with van der Waals surface area (Å²) < 4.78 is 0. The molecule has 22 heavy (non-hydrogen) atoms. The highest BCUT2D eigenvalue weighted by atomic mass is 16.4. The van der Waals surface area contributed by atoms with Gasteiger partial charge < -0.3 is 5.11 Å². The van der Waals surface area contributed by atoms with E-state index < -0.39 is 5.97 Å². The molecule has 0 heterocycles. The first-order valence-electron chi connectivity index (χ1n) is 8.19. The Labute approximate surface area is 136 Å². The Morgan fingerprint density at radius 2 is 1.82 bits per heavy atom. The quantitative estimate of drug-likeness (QED) is 0.302. The average molecular weight is 304 g/mol. The molecule has 2 nitrogen and oxygen atoms in total. The highest BCUT2D eigenvalue weighted by Gasteiger charge is 2.01. The lowest BCUT2D eigenvalue weighted by atomic mass is 9.97. The zero-order valence-corrected chi connectivity index (χ0v) is 14.9. The van der Waals surface area contributed by atoms with E-state index in [2.05, 4.69) is 39.8 Å². The molecule has 0 saturated heterocycles. The molecule has 0 rings (SSSR count). The molecule has 0 aromatic heterocycles. The highest BCUT2D eigenvalue weighted by molar-refractivity contribution is 5.81. The van der Waals surface area contributed by atoms with Crippen molar-refractivity contribution in [2.45, 2.75) is 66.7 Å². The fourth-order valence-electron chi connectivity index (χ4n) is 2.22. The Morgan fingerprint density at radius 3 is 2.41 bits per heavy atom. The molecule has 0 aliphatic heterocycles. The lowest BCUT2D eigenvalue weighted by Gasteiger charge is -2.09. The molecule has 0 aliphatic rings. The summed E-state index contributed by atoms with van der Waals surface area (Å²) in [6, 6.07) is 0. The Balaban J connectivity index is 4.00. The van der Waals surface area contributed by atoms with Crippen LogP contribution in [0.5, 0.6) is 0 Å². The van der Waals surface area contributed by atoms with E-state index in [4.69, 9.17) is 5.11 Å². The van der Waals surface area contributed by atoms with Crippen molar-refractivity contribution >= 4 is 5.97 Å². The second-order valence-corrected chi connectivity index (χ2v) is 6.45. The van der Waals surface area contributed by atoms with Gasteiger partial charge in [0.05, 0.1) is 0 Å². The van der Waals surface area contributed by atoms with Crippen LogP contribution in [0, 0.1) is 5.92 Å². The summed E-state index contributed by atoms with van der Waals surface area (Å²) >= 11 is 0. The molecule has 0 radical (unpaired) electrons. The van der Waals surface area contributed by atoms with Crippen molar-refractivity contribution in [3.63, 3.8) is 0 Å². The van der Waals surface area contributed by atoms with Crippen molar-refractivity contribution < 1.29 is 9.90 Å². The molecule has 1 atom stereocenters. The number of allylic oxidation sites excluding steroid dienone is 7. The maximum Gasteiger partial charge on any atom is 0.328 e. The maximum absolute atomic E-state index is 10.5. The van der Waals surface area contributed by atoms with Crippen LogP contribution in [0.4, 0.5) is 0 Å². The number of hydrogen-bond acceptors (Lipinski definition) is 1. The SMILES string of the molecule is CC(C)=CCCC(C)CCCC(C)=CC=CC(C)=CC(=O)O. The average Bonchev–Trinajstić information content (AvgIpc) is 2.37. The van der Waals surface area contributed by atoms with Crippen molar-refractivity contribution in [1.82, 2.24) is 0 Å². The molecule has 0 bridgehead atoms. The summed E-state index contributed by atoms with van der Waals surface area (Å²) in [6.45, 7) is 10.6. The van der Waals surface area contributed by atoms with E-state index in [0.717, 1.165) is 17.9 Å². The van der Waals surface area contributed by atoms with Gasteiger partial charge in [-0.1, -0.05) is 48.8 Å². The molecule has 124 valence electrons. The summed E-state index contributed by atoms with van der Waals surface area (Å²) in [4.78, 5) is 10.5. The van der Waals surface area contributed by atoms with Crippen molar-refractivity contribution in [2.75, 3.05) is 0 Å². The van der Waals surface area contributed by atoms with Crippen molar-refractivity contribution in [3.05, 3.63) is 47.1 Å². The van der Waals surface area contributed by atoms with Crippen molar-refractivity contribution in [3.8, 4) is 0 Å². The van der Waals surface area contributed by atoms with E-state index in [1.807, 2.05) is 12.2 Å². The third-order valence-corrected chi connectivity index (χ3v) is 3.57. The van der Waals surface area contributed by atoms with Crippen molar-refractivity contribution in [2.24, 2.45) is 5.92 Å². The van der Waals surface area contributed by atoms with Gasteiger partial charge >= 0.3 is 5.97 Å². The van der Waals surface area contributed by atoms with E-state index in [1.165, 1.54) is 42.9 Å². The minimum Gasteiger partial charge on any atom is -0.478 e. The van der Waals surface area contributed by atoms with Gasteiger partial charge in [-0.25, -0.2) is 4.79 Å². The third-order valence-electron chi connectivity index (χ3n) is 3.57. The van der Waals surface area contributed by atoms with Crippen LogP contribution in [-0.4, -0.2) is 11.1 Å². The summed E-state index contributed by atoms with van der Waals surface area (Å²) in [5.74, 6) is -0.121. The molecule has 1 unspecified atom stereocenters. The normalized spacial score (nSPS) is 14.2. The molecular formula is C20H32O2. The third kappa shape index (κ3) is 13.4. The summed E-state index contributed by atoms with van der Waals surface area (Å²) in [7, 11) is 0. The monoisotopic (exact) mass is 304 g/mol. The van der Waals surface area contributed by atoms with Crippen LogP contribution >= 0.6 is 0 Å². The van der Waals surface area contributed by atoms with Gasteiger partial charge in [0.2, 0.25) is 0 Å². The minimum absolute atomic E-state index is 0.754. The number of carboxylic acid groups (broad SMARTS) is 1. The van der Waals surface area contributed by atoms with Crippen LogP contribution in [0.1, 0.15) is 66.7 Å². The Morgan fingerprint density at radius 1 is 1.14 bits per heavy atom. The van der Waals surface area contributed by atoms with Gasteiger partial charge in [0, 0.05) is 6.08 Å². The van der Waals surface area contributed by atoms with Gasteiger partial charge in [-0.2, -0.15) is 0 Å². The molecule has 0 fully saturated rings. The van der Waals surface area contributed by atoms with E-state index in [0.29, 0.717) is 0 Å². The van der Waals surface area contributed by atoms with Gasteiger partial charge in [0.1, 0.15) is 0 Å². The summed E-state index contributed by atoms with van der Waals surface area (Å²) in [6.07, 6.45) is 15.4. The molecule has 0 aromatic rings. The first-order chi connectivity index (χ1) is 10.3. The topological polar surface area (TPSA) is 37.3 Å². The summed E-state index contributed by atoms with van der Waals surface area (Å²) in [5, 5.41) is 8.62. The highest BCUT2D eigenvalue weighted by Crippen LogP contribution is 2.17. The van der Waals surface area contributed by atoms with Crippen LogP contribution in [0.15, 0.2) is 47.1 Å². The maximum atomic E-state index is 10.5. The van der Waals surface area contributed by atoms with E-state index in [1.54, 1.807) is 6.92 Å². The molecule has 0 spiro atoms. The number of hydrogen-bond donors (Lipinski definition) is 1. The van der Waals surface area contributed by atoms with Crippen LogP contribution < -0.4 is 0 Å². The number of carboxylic acids is 1. The van der Waals surface area contributed by atoms with Crippen LogP contribution in [0.3, 0.4) is 0 Å². The van der Waals surface area contributed by atoms with Gasteiger partial charge in [-0.05, 0) is 64.9 Å². The minimum atomic E-state index is -0.898. The van der Waals surface area contributed by atoms with Crippen LogP contribution in [-0.2, 0) is 4.79 Å². The zero-order valence-electron chi connectivity index (χ0n) is 14.9. The number of aliphatic carboxylic acids is 1. The second kappa shape index (κ2) is 12.0. The largest absolute Gasteiger partial charge is 0.478 e. The zero-order chi connectivity index (χ0) is 17.0. The second-order valence-electron chi connectivity index (χ2n) is 6.45. The van der Waals surface area contributed by atoms with Gasteiger partial charge in [0.15, 0.2) is 0 Å². The lowest BCUT2D eigenvalue weighted by molar-refractivity contribution is -0.131. The molecule has 1 N–H and O–H groups in total. The molecular weight excluding hydrogens is 272 g/mol. The Hall–Kier alpha value is -1.57. The van der Waals surface area contributed by atoms with E-state index in [9.17, 15) is 4.79 Å². The fourth-order valence-corrected chi connectivity index (χ4v) is 2.22. The molecule has 0 saturated carbocycles. The first kappa shape index (κ1) is 20.4. The van der Waals surface area contributed by atoms with Crippen LogP contribution in [0.2, 0.25) is 0 Å².